The summed E-state index contributed by atoms with van der Waals surface area (Å²) in [6, 6.07) is 1.80. The van der Waals surface area contributed by atoms with Crippen molar-refractivity contribution in [2.45, 2.75) is 5.67 Å². The van der Waals surface area contributed by atoms with Gasteiger partial charge in [0, 0.05) is 0 Å². The lowest BCUT2D eigenvalue weighted by molar-refractivity contribution is -0.182. The fraction of sp³-hybridized carbons (Fsp3) is 0.125. The van der Waals surface area contributed by atoms with Gasteiger partial charge in [-0.25, -0.2) is 8.78 Å². The summed E-state index contributed by atoms with van der Waals surface area (Å²) in [6.45, 7) is 0. The molecule has 19 heavy (non-hydrogen) atoms. The monoisotopic (exact) mass is 303 g/mol. The molecule has 0 bridgehead atoms. The first kappa shape index (κ1) is 15.5. The molecule has 1 aromatic carbocycles. The highest BCUT2D eigenvalue weighted by molar-refractivity contribution is 6.59. The molecule has 0 fully saturated rings. The van der Waals surface area contributed by atoms with Crippen LogP contribution in [0.1, 0.15) is 10.4 Å². The molecule has 0 aliphatic heterocycles. The van der Waals surface area contributed by atoms with Gasteiger partial charge in [0.2, 0.25) is 0 Å². The third-order valence-corrected chi connectivity index (χ3v) is 3.01. The molecule has 0 heterocycles. The first-order valence-electron chi connectivity index (χ1n) is 4.49. The summed E-state index contributed by atoms with van der Waals surface area (Å²) in [5.41, 5.74) is -6.76. The van der Waals surface area contributed by atoms with Gasteiger partial charge in [-0.2, -0.15) is 8.78 Å². The maximum atomic E-state index is 13.1. The first-order chi connectivity index (χ1) is 8.50. The van der Waals surface area contributed by atoms with Crippen LogP contribution >= 0.6 is 0 Å². The molecule has 0 aromatic heterocycles. The van der Waals surface area contributed by atoms with Crippen LogP contribution in [0.2, 0.25) is 0 Å². The highest BCUT2D eigenvalue weighted by Gasteiger charge is 2.65. The van der Waals surface area contributed by atoms with Gasteiger partial charge in [0.15, 0.2) is 11.6 Å². The number of hydrogen-bond donors (Lipinski definition) is 3. The zero-order valence-corrected chi connectivity index (χ0v) is 9.82. The van der Waals surface area contributed by atoms with E-state index >= 15 is 0 Å². The molecule has 0 spiro atoms. The third kappa shape index (κ3) is 2.73. The van der Waals surface area contributed by atoms with Crippen molar-refractivity contribution < 1.29 is 41.2 Å². The Bertz CT molecular complexity index is 506. The largest absolute Gasteiger partial charge is 0.595 e. The minimum absolute atomic E-state index is 0.499. The van der Waals surface area contributed by atoms with Gasteiger partial charge in [-0.1, -0.05) is 10.5 Å². The predicted octanol–water partition coefficient (Wildman–Crippen LogP) is 0.339. The number of carbonyl (C=O) groups is 1. The van der Waals surface area contributed by atoms with Gasteiger partial charge in [-0.05, 0) is 12.1 Å². The quantitative estimate of drug-likeness (QED) is 0.325. The molecule has 3 N–H and O–H groups in total. The Morgan fingerprint density at radius 3 is 2.21 bits per heavy atom. The first-order valence-corrected chi connectivity index (χ1v) is 6.33. The van der Waals surface area contributed by atoms with E-state index in [4.69, 9.17) is 14.4 Å². The zero-order valence-electron chi connectivity index (χ0n) is 8.82. The number of nitrogens with zero attached hydrogens (tertiary/aromatic N) is 1. The van der Waals surface area contributed by atoms with E-state index < -0.39 is 42.7 Å². The van der Waals surface area contributed by atoms with Crippen LogP contribution in [0.15, 0.2) is 18.2 Å². The van der Waals surface area contributed by atoms with Gasteiger partial charge < -0.3 is 14.4 Å². The molecule has 0 saturated carbocycles. The molecule has 0 unspecified atom stereocenters. The smallest absolute Gasteiger partial charge is 0.385 e. The van der Waals surface area contributed by atoms with E-state index in [1.165, 1.54) is 0 Å². The molecule has 0 atom stereocenters. The summed E-state index contributed by atoms with van der Waals surface area (Å²) < 4.78 is 64.7. The van der Waals surface area contributed by atoms with E-state index in [-0.39, 0.29) is 0 Å². The van der Waals surface area contributed by atoms with Crippen LogP contribution in [0.4, 0.5) is 22.0 Å². The number of amides is 1. The summed E-state index contributed by atoms with van der Waals surface area (Å²) in [6.07, 6.45) is 0. The molecule has 0 radical (unpaired) electrons. The van der Waals surface area contributed by atoms with Crippen molar-refractivity contribution in [2.24, 2.45) is 0 Å². The Kier molecular flexibility index (Phi) is 3.95. The second-order valence-corrected chi connectivity index (χ2v) is 5.24. The van der Waals surface area contributed by atoms with Crippen molar-refractivity contribution in [3.05, 3.63) is 35.4 Å². The Morgan fingerprint density at radius 1 is 1.21 bits per heavy atom. The van der Waals surface area contributed by atoms with Crippen LogP contribution in [0.3, 0.4) is 0 Å². The summed E-state index contributed by atoms with van der Waals surface area (Å²) in [5, 5.41) is -2.06. The maximum absolute atomic E-state index is 13.1. The lowest BCUT2D eigenvalue weighted by atomic mass is 10.2. The van der Waals surface area contributed by atoms with E-state index in [0.29, 0.717) is 12.1 Å². The minimum atomic E-state index is -6.39. The van der Waals surface area contributed by atoms with E-state index in [2.05, 4.69) is 0 Å². The molecule has 1 rings (SSSR count). The summed E-state index contributed by atoms with van der Waals surface area (Å²) in [7, 11) is -6.39. The van der Waals surface area contributed by atoms with Crippen molar-refractivity contribution in [3.63, 3.8) is 0 Å². The normalized spacial score (nSPS) is 12.4. The number of benzene rings is 1. The van der Waals surface area contributed by atoms with Crippen molar-refractivity contribution in [2.75, 3.05) is 0 Å². The van der Waals surface area contributed by atoms with Crippen molar-refractivity contribution in [1.82, 2.24) is 5.12 Å². The SMILES string of the molecule is O=C(c1cccc(F)c1F)N(F)C(F)(F)[Si](O)(O)O. The lowest BCUT2D eigenvalue weighted by Crippen LogP contribution is -2.62. The topological polar surface area (TPSA) is 81.0 Å². The molecule has 106 valence electrons. The van der Waals surface area contributed by atoms with Crippen LogP contribution in [0, 0.1) is 11.6 Å². The van der Waals surface area contributed by atoms with E-state index in [1.807, 2.05) is 0 Å². The van der Waals surface area contributed by atoms with Gasteiger partial charge in [0.1, 0.15) is 0 Å². The van der Waals surface area contributed by atoms with Crippen LogP contribution in [-0.4, -0.2) is 39.9 Å². The predicted molar refractivity (Wildman–Crippen MR) is 51.0 cm³/mol. The highest BCUT2D eigenvalue weighted by atomic mass is 28.4. The van der Waals surface area contributed by atoms with Crippen molar-refractivity contribution in [1.29, 1.82) is 0 Å². The Morgan fingerprint density at radius 2 is 1.74 bits per heavy atom. The molecule has 0 aliphatic carbocycles. The molecule has 0 saturated heterocycles. The Hall–Kier alpha value is -1.56. The second kappa shape index (κ2) is 4.84. The minimum Gasteiger partial charge on any atom is -0.385 e. The molecule has 1 aromatic rings. The second-order valence-electron chi connectivity index (χ2n) is 3.36. The highest BCUT2D eigenvalue weighted by Crippen LogP contribution is 2.29. The third-order valence-electron chi connectivity index (χ3n) is 2.01. The Labute approximate surface area is 103 Å². The van der Waals surface area contributed by atoms with Crippen LogP contribution in [-0.2, 0) is 0 Å². The average molecular weight is 303 g/mol. The number of halogens is 5. The number of hydrogen-bond acceptors (Lipinski definition) is 4. The maximum Gasteiger partial charge on any atom is 0.595 e. The number of carbonyl (C=O) groups excluding carboxylic acids is 1. The summed E-state index contributed by atoms with van der Waals surface area (Å²) in [5.74, 6) is -5.87. The standard InChI is InChI=1S/C8H6F5NO4Si/c9-5-3-1-2-4(6(5)10)7(15)14(13)8(11,12)19(16,17)18/h1-3,16-18H. The number of rotatable bonds is 3. The molecular formula is C8H6F5NO4Si. The van der Waals surface area contributed by atoms with Crippen molar-refractivity contribution in [3.8, 4) is 0 Å². The fourth-order valence-electron chi connectivity index (χ4n) is 1.03. The molecule has 1 amide bonds. The van der Waals surface area contributed by atoms with Crippen molar-refractivity contribution >= 4 is 14.7 Å². The van der Waals surface area contributed by atoms with Crippen LogP contribution < -0.4 is 0 Å². The summed E-state index contributed by atoms with van der Waals surface area (Å²) in [4.78, 5) is 36.2. The van der Waals surface area contributed by atoms with E-state index in [1.54, 1.807) is 0 Å². The Balaban J connectivity index is 3.18. The van der Waals surface area contributed by atoms with Gasteiger partial charge in [0.05, 0.1) is 5.56 Å². The van der Waals surface area contributed by atoms with E-state index in [9.17, 15) is 26.8 Å². The zero-order chi connectivity index (χ0) is 15.0. The van der Waals surface area contributed by atoms with Gasteiger partial charge in [0.25, 0.3) is 5.91 Å². The van der Waals surface area contributed by atoms with Gasteiger partial charge >= 0.3 is 14.5 Å². The van der Waals surface area contributed by atoms with Gasteiger partial charge in [-0.15, -0.1) is 5.12 Å². The molecule has 0 aliphatic rings. The van der Waals surface area contributed by atoms with E-state index in [0.717, 1.165) is 6.07 Å². The molecule has 5 nitrogen and oxygen atoms in total. The molecule has 11 heteroatoms. The van der Waals surface area contributed by atoms with Crippen LogP contribution in [0.25, 0.3) is 0 Å². The van der Waals surface area contributed by atoms with Crippen LogP contribution in [0.5, 0.6) is 0 Å². The van der Waals surface area contributed by atoms with Gasteiger partial charge in [-0.3, -0.25) is 4.79 Å². The summed E-state index contributed by atoms with van der Waals surface area (Å²) >= 11 is 0. The molecular weight excluding hydrogens is 297 g/mol. The fourth-order valence-corrected chi connectivity index (χ4v) is 1.40. The number of alkyl halides is 2. The lowest BCUT2D eigenvalue weighted by Gasteiger charge is -2.26. The average Bonchev–Trinajstić information content (AvgIpc) is 2.29.